The lowest BCUT2D eigenvalue weighted by atomic mass is 10.2. The summed E-state index contributed by atoms with van der Waals surface area (Å²) < 4.78 is 14.2. The summed E-state index contributed by atoms with van der Waals surface area (Å²) in [6, 6.07) is 7.70. The first-order valence-corrected chi connectivity index (χ1v) is 3.99. The van der Waals surface area contributed by atoms with Crippen molar-refractivity contribution in [3.05, 3.63) is 29.8 Å². The van der Waals surface area contributed by atoms with Crippen molar-refractivity contribution in [3.63, 3.8) is 0 Å². The number of anilines is 1. The van der Waals surface area contributed by atoms with Gasteiger partial charge in [0.25, 0.3) is 0 Å². The predicted octanol–water partition coefficient (Wildman–Crippen LogP) is 2.44. The fraction of sp³-hybridized carbons (Fsp3) is 0.143. The summed E-state index contributed by atoms with van der Waals surface area (Å²) in [5.74, 6) is 0. The molecule has 11 heavy (non-hydrogen) atoms. The molecule has 0 bridgehead atoms. The molecule has 0 radical (unpaired) electrons. The average Bonchev–Trinajstić information content (AvgIpc) is 2.04. The second kappa shape index (κ2) is 4.20. The molecule has 1 rings (SSSR count). The summed E-state index contributed by atoms with van der Waals surface area (Å²) in [7, 11) is 0. The molecular weight excluding hydrogens is 163 g/mol. The number of nitrogens with one attached hydrogen (secondary N) is 2. The van der Waals surface area contributed by atoms with Gasteiger partial charge in [-0.15, -0.1) is 4.48 Å². The Balaban J connectivity index is 2.52. The number of hydrogen-bond acceptors (Lipinski definition) is 3. The Labute approximate surface area is 69.4 Å². The lowest BCUT2D eigenvalue weighted by molar-refractivity contribution is 0.466. The van der Waals surface area contributed by atoms with Crippen molar-refractivity contribution >= 4 is 17.8 Å². The van der Waals surface area contributed by atoms with Gasteiger partial charge in [-0.1, -0.05) is 22.6 Å². The minimum atomic E-state index is 0.800. The first kappa shape index (κ1) is 8.36. The molecule has 0 aliphatic heterocycles. The molecule has 0 atom stereocenters. The van der Waals surface area contributed by atoms with Gasteiger partial charge in [-0.25, -0.2) is 0 Å². The van der Waals surface area contributed by atoms with Crippen LogP contribution in [0.25, 0.3) is 0 Å². The summed E-state index contributed by atoms with van der Waals surface area (Å²) in [5.41, 5.74) is 2.07. The van der Waals surface area contributed by atoms with E-state index in [9.17, 15) is 4.48 Å². The van der Waals surface area contributed by atoms with Crippen molar-refractivity contribution in [3.8, 4) is 0 Å². The normalized spacial score (nSPS) is 9.64. The number of halogens is 1. The Morgan fingerprint density at radius 2 is 1.91 bits per heavy atom. The Hall–Kier alpha value is -0.740. The van der Waals surface area contributed by atoms with Crippen molar-refractivity contribution in [2.45, 2.75) is 6.92 Å². The van der Waals surface area contributed by atoms with Gasteiger partial charge in [0.15, 0.2) is 0 Å². The maximum Gasteiger partial charge on any atom is 0.0651 e. The average molecular weight is 172 g/mol. The van der Waals surface area contributed by atoms with E-state index in [1.807, 2.05) is 31.2 Å². The third kappa shape index (κ3) is 2.78. The summed E-state index contributed by atoms with van der Waals surface area (Å²) in [4.78, 5) is 1.44. The minimum absolute atomic E-state index is 0.800. The summed E-state index contributed by atoms with van der Waals surface area (Å²) in [6.07, 6.45) is 0. The van der Waals surface area contributed by atoms with Crippen LogP contribution < -0.4 is 9.67 Å². The van der Waals surface area contributed by atoms with Crippen molar-refractivity contribution < 1.29 is 4.48 Å². The molecular formula is C7H9FN2S. The van der Waals surface area contributed by atoms with E-state index >= 15 is 0 Å². The van der Waals surface area contributed by atoms with Crippen LogP contribution in [0.3, 0.4) is 0 Å². The highest BCUT2D eigenvalue weighted by Gasteiger charge is 1.89. The molecule has 0 saturated heterocycles. The molecule has 0 heterocycles. The van der Waals surface area contributed by atoms with Crippen molar-refractivity contribution in [1.82, 2.24) is 4.94 Å². The smallest absolute Gasteiger partial charge is 0.0651 e. The Morgan fingerprint density at radius 3 is 2.45 bits per heavy atom. The SMILES string of the molecule is Cc1ccc(NSNF)cc1. The van der Waals surface area contributed by atoms with Gasteiger partial charge >= 0.3 is 0 Å². The molecule has 2 nitrogen and oxygen atoms in total. The molecule has 0 saturated carbocycles. The van der Waals surface area contributed by atoms with Crippen LogP contribution in [0.15, 0.2) is 24.3 Å². The Bertz CT molecular complexity index is 212. The molecule has 0 aromatic heterocycles. The van der Waals surface area contributed by atoms with E-state index in [1.54, 1.807) is 0 Å². The molecule has 1 aromatic rings. The fourth-order valence-electron chi connectivity index (χ4n) is 0.700. The molecule has 0 fully saturated rings. The fourth-order valence-corrected chi connectivity index (χ4v) is 0.992. The quantitative estimate of drug-likeness (QED) is 0.541. The van der Waals surface area contributed by atoms with Gasteiger partial charge in [0, 0.05) is 5.69 Å². The van der Waals surface area contributed by atoms with Gasteiger partial charge in [-0.3, -0.25) is 0 Å². The highest BCUT2D eigenvalue weighted by molar-refractivity contribution is 7.98. The van der Waals surface area contributed by atoms with Gasteiger partial charge in [-0.05, 0) is 19.1 Å². The molecule has 0 aliphatic carbocycles. The van der Waals surface area contributed by atoms with Gasteiger partial charge in [-0.2, -0.15) is 0 Å². The van der Waals surface area contributed by atoms with Crippen molar-refractivity contribution in [1.29, 1.82) is 0 Å². The molecule has 0 spiro atoms. The zero-order valence-corrected chi connectivity index (χ0v) is 6.91. The van der Waals surface area contributed by atoms with Crippen LogP contribution in [0.5, 0.6) is 0 Å². The first-order chi connectivity index (χ1) is 5.33. The molecule has 4 heteroatoms. The zero-order valence-electron chi connectivity index (χ0n) is 6.10. The van der Waals surface area contributed by atoms with Crippen LogP contribution >= 0.6 is 12.1 Å². The zero-order chi connectivity index (χ0) is 8.10. The van der Waals surface area contributed by atoms with Gasteiger partial charge in [0.1, 0.15) is 0 Å². The second-order valence-corrected chi connectivity index (χ2v) is 2.71. The van der Waals surface area contributed by atoms with E-state index in [2.05, 4.69) is 4.72 Å². The Kier molecular flexibility index (Phi) is 3.19. The molecule has 0 amide bonds. The standard InChI is InChI=1S/C7H9FN2S/c1-6-2-4-7(5-3-6)9-11-10-8/h2-5,9-10H,1H3. The van der Waals surface area contributed by atoms with E-state index in [0.717, 1.165) is 17.8 Å². The second-order valence-electron chi connectivity index (χ2n) is 2.15. The summed E-state index contributed by atoms with van der Waals surface area (Å²) in [5, 5.41) is 0. The number of benzene rings is 1. The third-order valence-electron chi connectivity index (χ3n) is 1.26. The van der Waals surface area contributed by atoms with Crippen LogP contribution in [-0.2, 0) is 0 Å². The van der Waals surface area contributed by atoms with E-state index in [-0.39, 0.29) is 0 Å². The van der Waals surface area contributed by atoms with Crippen LogP contribution in [0, 0.1) is 6.92 Å². The third-order valence-corrected chi connectivity index (χ3v) is 1.67. The monoisotopic (exact) mass is 172 g/mol. The molecule has 0 aliphatic rings. The van der Waals surface area contributed by atoms with Crippen LogP contribution in [-0.4, -0.2) is 0 Å². The molecule has 0 unspecified atom stereocenters. The molecule has 2 N–H and O–H groups in total. The molecule has 1 aromatic carbocycles. The van der Waals surface area contributed by atoms with Crippen LogP contribution in [0.1, 0.15) is 5.56 Å². The maximum atomic E-state index is 11.4. The topological polar surface area (TPSA) is 24.1 Å². The number of rotatable bonds is 3. The highest BCUT2D eigenvalue weighted by Crippen LogP contribution is 2.11. The van der Waals surface area contributed by atoms with E-state index in [1.165, 1.54) is 10.5 Å². The highest BCUT2D eigenvalue weighted by atomic mass is 32.2. The number of hydrogen-bond donors (Lipinski definition) is 2. The predicted molar refractivity (Wildman–Crippen MR) is 46.6 cm³/mol. The Morgan fingerprint density at radius 1 is 1.27 bits per heavy atom. The largest absolute Gasteiger partial charge is 0.315 e. The van der Waals surface area contributed by atoms with E-state index in [4.69, 9.17) is 0 Å². The van der Waals surface area contributed by atoms with Crippen LogP contribution in [0.2, 0.25) is 0 Å². The number of aryl methyl sites for hydroxylation is 1. The lowest BCUT2D eigenvalue weighted by Crippen LogP contribution is -1.93. The van der Waals surface area contributed by atoms with Crippen molar-refractivity contribution in [2.75, 3.05) is 4.72 Å². The molecule has 60 valence electrons. The first-order valence-electron chi connectivity index (χ1n) is 3.17. The lowest BCUT2D eigenvalue weighted by Gasteiger charge is -2.01. The van der Waals surface area contributed by atoms with Gasteiger partial charge < -0.3 is 4.72 Å². The van der Waals surface area contributed by atoms with E-state index < -0.39 is 0 Å². The van der Waals surface area contributed by atoms with Gasteiger partial charge in [0.2, 0.25) is 0 Å². The summed E-state index contributed by atoms with van der Waals surface area (Å²) >= 11 is 0.800. The minimum Gasteiger partial charge on any atom is -0.315 e. The van der Waals surface area contributed by atoms with Gasteiger partial charge in [0.05, 0.1) is 12.1 Å². The van der Waals surface area contributed by atoms with Crippen LogP contribution in [0.4, 0.5) is 10.2 Å². The van der Waals surface area contributed by atoms with E-state index in [0.29, 0.717) is 0 Å². The summed E-state index contributed by atoms with van der Waals surface area (Å²) in [6.45, 7) is 2.00. The maximum absolute atomic E-state index is 11.4. The van der Waals surface area contributed by atoms with Crippen molar-refractivity contribution in [2.24, 2.45) is 0 Å².